The second-order valence-electron chi connectivity index (χ2n) is 17.6. The first-order valence-electron chi connectivity index (χ1n) is 24.1. The number of terminal acetylenes is 3. The Hall–Kier alpha value is -3.37. The third kappa shape index (κ3) is 24.2. The third-order valence-corrected chi connectivity index (χ3v) is 14.1. The molecule has 2 bridgehead atoms. The Morgan fingerprint density at radius 2 is 0.955 bits per heavy atom. The van der Waals surface area contributed by atoms with Crippen LogP contribution in [0.25, 0.3) is 0 Å². The van der Waals surface area contributed by atoms with Crippen molar-refractivity contribution in [1.82, 2.24) is 25.9 Å². The number of fused-ring (bicyclic) bond motifs is 3. The minimum absolute atomic E-state index is 0.0352. The Kier molecular flexibility index (Phi) is 31.1. The van der Waals surface area contributed by atoms with Crippen molar-refractivity contribution in [3.63, 3.8) is 0 Å². The summed E-state index contributed by atoms with van der Waals surface area (Å²) in [5.74, 6) is 6.32. The van der Waals surface area contributed by atoms with Crippen molar-refractivity contribution in [1.29, 1.82) is 0 Å². The molecule has 380 valence electrons. The van der Waals surface area contributed by atoms with Gasteiger partial charge in [-0.15, -0.1) is 19.3 Å². The molecule has 4 amide bonds. The minimum atomic E-state index is -1.32. The van der Waals surface area contributed by atoms with E-state index in [0.29, 0.717) is 84.8 Å². The molecule has 3 fully saturated rings. The molecule has 0 spiro atoms. The number of hydrogen-bond donors (Lipinski definition) is 4. The molecule has 3 aliphatic rings. The van der Waals surface area contributed by atoms with Crippen molar-refractivity contribution in [3.05, 3.63) is 0 Å². The van der Waals surface area contributed by atoms with Gasteiger partial charge in [0.1, 0.15) is 19.8 Å². The van der Waals surface area contributed by atoms with Crippen LogP contribution in [-0.4, -0.2) is 157 Å². The van der Waals surface area contributed by atoms with Gasteiger partial charge in [-0.2, -0.15) is 0 Å². The molecule has 3 saturated carbocycles. The van der Waals surface area contributed by atoms with E-state index in [0.717, 1.165) is 6.42 Å². The monoisotopic (exact) mass is 964 g/mol. The van der Waals surface area contributed by atoms with Crippen molar-refractivity contribution in [3.8, 4) is 37.0 Å². The highest BCUT2D eigenvalue weighted by molar-refractivity contribution is 7.44. The van der Waals surface area contributed by atoms with Gasteiger partial charge in [-0.1, -0.05) is 24.7 Å². The normalized spacial score (nSPS) is 18.3. The van der Waals surface area contributed by atoms with Crippen molar-refractivity contribution >= 4 is 32.2 Å². The van der Waals surface area contributed by atoms with Gasteiger partial charge >= 0.3 is 0 Å². The van der Waals surface area contributed by atoms with Crippen molar-refractivity contribution in [2.45, 2.75) is 141 Å². The number of hydrogen-bond acceptors (Lipinski definition) is 13. The molecule has 4 N–H and O–H groups in total. The summed E-state index contributed by atoms with van der Waals surface area (Å²) in [6.45, 7) is 15.5. The SMILES string of the molecule is C#CCOCCOCCNC(=O)CCC(CCC(=O)NCCOCCOCC#C)(CCC(=O)NCCOCCOCC#C)NC(=O)C12CCC(OP(OCCC)N(C(C)C)C(C)C)(CC1)CC2. The summed E-state index contributed by atoms with van der Waals surface area (Å²) in [4.78, 5) is 55.0. The van der Waals surface area contributed by atoms with Crippen molar-refractivity contribution in [2.24, 2.45) is 5.41 Å². The van der Waals surface area contributed by atoms with E-state index in [1.165, 1.54) is 0 Å². The molecule has 0 aromatic heterocycles. The van der Waals surface area contributed by atoms with Crippen molar-refractivity contribution < 1.29 is 56.6 Å². The highest BCUT2D eigenvalue weighted by Gasteiger charge is 2.55. The van der Waals surface area contributed by atoms with Crippen LogP contribution >= 0.6 is 8.53 Å². The number of carbonyl (C=O) groups excluding carboxylic acids is 4. The first-order valence-corrected chi connectivity index (χ1v) is 25.2. The fourth-order valence-corrected chi connectivity index (χ4v) is 10.2. The maximum absolute atomic E-state index is 14.9. The fraction of sp³-hybridized carbons (Fsp3) is 0.796. The van der Waals surface area contributed by atoms with Crippen LogP contribution in [0.1, 0.15) is 118 Å². The Morgan fingerprint density at radius 1 is 0.582 bits per heavy atom. The lowest BCUT2D eigenvalue weighted by Crippen LogP contribution is -2.59. The van der Waals surface area contributed by atoms with Crippen LogP contribution in [0.5, 0.6) is 0 Å². The van der Waals surface area contributed by atoms with Crippen LogP contribution in [0.15, 0.2) is 0 Å². The predicted molar refractivity (Wildman–Crippen MR) is 258 cm³/mol. The zero-order valence-corrected chi connectivity index (χ0v) is 42.1. The number of ether oxygens (including phenoxy) is 6. The van der Waals surface area contributed by atoms with E-state index in [2.05, 4.69) is 78.3 Å². The molecule has 0 radical (unpaired) electrons. The second kappa shape index (κ2) is 34.8. The lowest BCUT2D eigenvalue weighted by Gasteiger charge is -2.54. The van der Waals surface area contributed by atoms with Crippen LogP contribution in [0, 0.1) is 42.4 Å². The molecule has 0 aliphatic heterocycles. The highest BCUT2D eigenvalue weighted by Crippen LogP contribution is 2.60. The van der Waals surface area contributed by atoms with Gasteiger partial charge in [-0.05, 0) is 91.9 Å². The van der Waals surface area contributed by atoms with E-state index in [1.807, 2.05) is 0 Å². The lowest BCUT2D eigenvalue weighted by atomic mass is 9.58. The predicted octanol–water partition coefficient (Wildman–Crippen LogP) is 4.41. The molecule has 17 nitrogen and oxygen atoms in total. The van der Waals surface area contributed by atoms with E-state index < -0.39 is 25.1 Å². The molecule has 0 aromatic carbocycles. The number of rotatable bonds is 40. The number of nitrogens with zero attached hydrogens (tertiary/aromatic N) is 1. The molecule has 67 heavy (non-hydrogen) atoms. The van der Waals surface area contributed by atoms with Crippen molar-refractivity contribution in [2.75, 3.05) is 106 Å². The molecular formula is C49H82N5O12P. The first-order chi connectivity index (χ1) is 32.3. The smallest absolute Gasteiger partial charge is 0.259 e. The summed E-state index contributed by atoms with van der Waals surface area (Å²) in [6, 6.07) is 0.453. The summed E-state index contributed by atoms with van der Waals surface area (Å²) in [7, 11) is -1.32. The van der Waals surface area contributed by atoms with Crippen LogP contribution < -0.4 is 21.3 Å². The number of carbonyl (C=O) groups is 4. The Bertz CT molecular complexity index is 1420. The van der Waals surface area contributed by atoms with E-state index in [1.54, 1.807) is 0 Å². The van der Waals surface area contributed by atoms with Gasteiger partial charge in [0, 0.05) is 61.9 Å². The van der Waals surface area contributed by atoms with Gasteiger partial charge < -0.3 is 58.7 Å². The molecule has 3 rings (SSSR count). The number of nitrogens with one attached hydrogen (secondary N) is 4. The van der Waals surface area contributed by atoms with Gasteiger partial charge in [0.05, 0.1) is 71.7 Å². The molecular weight excluding hydrogens is 882 g/mol. The summed E-state index contributed by atoms with van der Waals surface area (Å²) in [5.41, 5.74) is -2.15. The summed E-state index contributed by atoms with van der Waals surface area (Å²) in [5, 5.41) is 12.1. The van der Waals surface area contributed by atoms with Gasteiger partial charge in [0.25, 0.3) is 8.53 Å². The van der Waals surface area contributed by atoms with Crippen LogP contribution in [0.2, 0.25) is 0 Å². The largest absolute Gasteiger partial charge is 0.377 e. The Labute approximate surface area is 402 Å². The molecule has 18 heteroatoms. The summed E-state index contributed by atoms with van der Waals surface area (Å²) in [6.07, 6.45) is 21.2. The minimum Gasteiger partial charge on any atom is -0.377 e. The lowest BCUT2D eigenvalue weighted by molar-refractivity contribution is -0.148. The van der Waals surface area contributed by atoms with Gasteiger partial charge in [0.15, 0.2) is 0 Å². The van der Waals surface area contributed by atoms with Crippen LogP contribution in [0.3, 0.4) is 0 Å². The molecule has 0 saturated heterocycles. The molecule has 0 heterocycles. The Balaban J connectivity index is 2.28. The summed E-state index contributed by atoms with van der Waals surface area (Å²) < 4.78 is 48.1. The maximum atomic E-state index is 14.9. The van der Waals surface area contributed by atoms with E-state index in [9.17, 15) is 19.2 Å². The molecule has 1 unspecified atom stereocenters. The molecule has 1 atom stereocenters. The Morgan fingerprint density at radius 3 is 1.30 bits per heavy atom. The average molecular weight is 964 g/mol. The van der Waals surface area contributed by atoms with Crippen LogP contribution in [0.4, 0.5) is 0 Å². The maximum Gasteiger partial charge on any atom is 0.259 e. The van der Waals surface area contributed by atoms with E-state index in [4.69, 9.17) is 56.7 Å². The fourth-order valence-electron chi connectivity index (χ4n) is 8.18. The second-order valence-corrected chi connectivity index (χ2v) is 19.0. The number of amides is 4. The highest BCUT2D eigenvalue weighted by atomic mass is 31.2. The average Bonchev–Trinajstić information content (AvgIpc) is 3.31. The quantitative estimate of drug-likeness (QED) is 0.0384. The zero-order valence-electron chi connectivity index (χ0n) is 41.2. The van der Waals surface area contributed by atoms with E-state index in [-0.39, 0.29) is 134 Å². The van der Waals surface area contributed by atoms with Crippen LogP contribution in [-0.2, 0) is 56.6 Å². The topological polar surface area (TPSA) is 193 Å². The first kappa shape index (κ1) is 59.8. The van der Waals surface area contributed by atoms with Gasteiger partial charge in [0.2, 0.25) is 23.6 Å². The van der Waals surface area contributed by atoms with Gasteiger partial charge in [-0.25, -0.2) is 4.67 Å². The third-order valence-electron chi connectivity index (χ3n) is 11.8. The zero-order chi connectivity index (χ0) is 49.2. The molecule has 3 aliphatic carbocycles. The molecule has 0 aromatic rings. The van der Waals surface area contributed by atoms with Gasteiger partial charge in [-0.3, -0.25) is 19.2 Å². The standard InChI is InChI=1S/C49H82N5O12P/c1-9-28-59-35-38-62-32-25-50-43(55)13-16-48(17-14-44(56)51-26-33-63-39-36-60-29-10-2,18-15-45(57)52-27-34-64-40-37-61-30-11-3)53-46(58)47-19-22-49(23-20-47,24-21-47)66-67(65-31-12-4)54(41(5)6)42(7)8/h1-3,41-42H,12-40H2,4-8H3,(H,50,55)(H,51,56)(H,52,57)(H,53,58). The van der Waals surface area contributed by atoms with E-state index >= 15 is 0 Å². The summed E-state index contributed by atoms with van der Waals surface area (Å²) >= 11 is 0.